The zero-order chi connectivity index (χ0) is 11.4. The lowest BCUT2D eigenvalue weighted by atomic mass is 10.0. The summed E-state index contributed by atoms with van der Waals surface area (Å²) in [4.78, 5) is 0. The van der Waals surface area contributed by atoms with Gasteiger partial charge in [0.25, 0.3) is 0 Å². The molecule has 1 aliphatic heterocycles. The second-order valence-electron chi connectivity index (χ2n) is 3.83. The number of ether oxygens (including phenoxy) is 2. The van der Waals surface area contributed by atoms with E-state index in [4.69, 9.17) is 9.47 Å². The molecule has 1 saturated heterocycles. The molecule has 1 aromatic rings. The van der Waals surface area contributed by atoms with Gasteiger partial charge in [-0.25, -0.2) is 0 Å². The van der Waals surface area contributed by atoms with Crippen LogP contribution in [0, 0.1) is 0 Å². The molecular weight excluding hydrogens is 240 g/mol. The first kappa shape index (κ1) is 14.1. The van der Waals surface area contributed by atoms with E-state index in [0.29, 0.717) is 6.04 Å². The van der Waals surface area contributed by atoms with Crippen LogP contribution < -0.4 is 20.1 Å². The largest absolute Gasteiger partial charge is 0.493 e. The van der Waals surface area contributed by atoms with Crippen LogP contribution in [0.15, 0.2) is 18.2 Å². The van der Waals surface area contributed by atoms with Gasteiger partial charge in [0.2, 0.25) is 0 Å². The minimum atomic E-state index is 0. The zero-order valence-corrected chi connectivity index (χ0v) is 11.0. The van der Waals surface area contributed by atoms with E-state index in [1.807, 2.05) is 12.1 Å². The van der Waals surface area contributed by atoms with Crippen molar-refractivity contribution in [2.24, 2.45) is 0 Å². The summed E-state index contributed by atoms with van der Waals surface area (Å²) in [5, 5.41) is 6.83. The molecule has 0 amide bonds. The van der Waals surface area contributed by atoms with E-state index in [0.717, 1.165) is 31.1 Å². The Labute approximate surface area is 108 Å². The van der Waals surface area contributed by atoms with E-state index in [2.05, 4.69) is 16.7 Å². The summed E-state index contributed by atoms with van der Waals surface area (Å²) in [6.07, 6.45) is 0. The topological polar surface area (TPSA) is 42.5 Å². The molecule has 4 nitrogen and oxygen atoms in total. The molecule has 1 atom stereocenters. The van der Waals surface area contributed by atoms with Crippen LogP contribution in [0.4, 0.5) is 0 Å². The molecule has 1 aromatic carbocycles. The highest BCUT2D eigenvalue weighted by atomic mass is 35.5. The number of methoxy groups -OCH3 is 2. The number of hydrogen-bond acceptors (Lipinski definition) is 4. The second-order valence-corrected chi connectivity index (χ2v) is 3.83. The van der Waals surface area contributed by atoms with Crippen molar-refractivity contribution in [3.63, 3.8) is 0 Å². The predicted octanol–water partition coefficient (Wildman–Crippen LogP) is 1.36. The van der Waals surface area contributed by atoms with Gasteiger partial charge in [-0.2, -0.15) is 0 Å². The minimum Gasteiger partial charge on any atom is -0.493 e. The van der Waals surface area contributed by atoms with E-state index >= 15 is 0 Å². The first-order chi connectivity index (χ1) is 7.85. The SMILES string of the molecule is COc1ccc(C2CNCCN2)cc1OC.Cl. The molecule has 2 N–H and O–H groups in total. The summed E-state index contributed by atoms with van der Waals surface area (Å²) in [7, 11) is 3.31. The van der Waals surface area contributed by atoms with Gasteiger partial charge in [0, 0.05) is 25.7 Å². The maximum absolute atomic E-state index is 5.29. The molecule has 0 bridgehead atoms. The predicted molar refractivity (Wildman–Crippen MR) is 70.4 cm³/mol. The van der Waals surface area contributed by atoms with Crippen molar-refractivity contribution in [2.75, 3.05) is 33.9 Å². The van der Waals surface area contributed by atoms with Crippen LogP contribution >= 0.6 is 12.4 Å². The van der Waals surface area contributed by atoms with Crippen LogP contribution in [-0.2, 0) is 0 Å². The van der Waals surface area contributed by atoms with Crippen molar-refractivity contribution in [1.29, 1.82) is 0 Å². The van der Waals surface area contributed by atoms with Crippen LogP contribution in [0.25, 0.3) is 0 Å². The molecule has 0 aliphatic carbocycles. The van der Waals surface area contributed by atoms with Crippen LogP contribution in [0.3, 0.4) is 0 Å². The first-order valence-electron chi connectivity index (χ1n) is 5.51. The Kier molecular flexibility index (Phi) is 5.55. The number of rotatable bonds is 3. The highest BCUT2D eigenvalue weighted by Gasteiger charge is 2.15. The quantitative estimate of drug-likeness (QED) is 0.859. The van der Waals surface area contributed by atoms with E-state index in [-0.39, 0.29) is 12.4 Å². The zero-order valence-electron chi connectivity index (χ0n) is 10.2. The fourth-order valence-corrected chi connectivity index (χ4v) is 1.96. The van der Waals surface area contributed by atoms with Gasteiger partial charge in [0.15, 0.2) is 11.5 Å². The molecule has 0 spiro atoms. The Morgan fingerprint density at radius 2 is 1.88 bits per heavy atom. The Balaban J connectivity index is 0.00000144. The third kappa shape index (κ3) is 3.25. The highest BCUT2D eigenvalue weighted by molar-refractivity contribution is 5.85. The first-order valence-corrected chi connectivity index (χ1v) is 5.51. The summed E-state index contributed by atoms with van der Waals surface area (Å²) in [6, 6.07) is 6.41. The summed E-state index contributed by atoms with van der Waals surface area (Å²) in [6.45, 7) is 2.98. The number of hydrogen-bond donors (Lipinski definition) is 2. The molecule has 0 aromatic heterocycles. The summed E-state index contributed by atoms with van der Waals surface area (Å²) >= 11 is 0. The molecule has 2 rings (SSSR count). The van der Waals surface area contributed by atoms with Gasteiger partial charge >= 0.3 is 0 Å². The average molecular weight is 259 g/mol. The molecule has 0 radical (unpaired) electrons. The lowest BCUT2D eigenvalue weighted by Gasteiger charge is -2.25. The van der Waals surface area contributed by atoms with Crippen LogP contribution in [-0.4, -0.2) is 33.9 Å². The average Bonchev–Trinajstić information content (AvgIpc) is 2.39. The Bertz CT molecular complexity index is 354. The molecule has 1 fully saturated rings. The fraction of sp³-hybridized carbons (Fsp3) is 0.500. The van der Waals surface area contributed by atoms with Gasteiger partial charge in [0.1, 0.15) is 0 Å². The lowest BCUT2D eigenvalue weighted by Crippen LogP contribution is -2.42. The van der Waals surface area contributed by atoms with Gasteiger partial charge in [0.05, 0.1) is 14.2 Å². The second kappa shape index (κ2) is 6.69. The van der Waals surface area contributed by atoms with E-state index in [1.54, 1.807) is 14.2 Å². The van der Waals surface area contributed by atoms with Crippen molar-refractivity contribution in [2.45, 2.75) is 6.04 Å². The smallest absolute Gasteiger partial charge is 0.161 e. The number of piperazine rings is 1. The van der Waals surface area contributed by atoms with Gasteiger partial charge in [-0.15, -0.1) is 12.4 Å². The van der Waals surface area contributed by atoms with Gasteiger partial charge < -0.3 is 20.1 Å². The van der Waals surface area contributed by atoms with Crippen LogP contribution in [0.2, 0.25) is 0 Å². The summed E-state index contributed by atoms with van der Waals surface area (Å²) in [5.41, 5.74) is 1.23. The van der Waals surface area contributed by atoms with E-state index in [9.17, 15) is 0 Å². The monoisotopic (exact) mass is 258 g/mol. The summed E-state index contributed by atoms with van der Waals surface area (Å²) in [5.74, 6) is 1.56. The number of nitrogens with one attached hydrogen (secondary N) is 2. The third-order valence-corrected chi connectivity index (χ3v) is 2.85. The minimum absolute atomic E-state index is 0. The Morgan fingerprint density at radius 3 is 2.47 bits per heavy atom. The fourth-order valence-electron chi connectivity index (χ4n) is 1.96. The van der Waals surface area contributed by atoms with Gasteiger partial charge in [-0.05, 0) is 17.7 Å². The van der Waals surface area contributed by atoms with E-state index < -0.39 is 0 Å². The molecule has 96 valence electrons. The lowest BCUT2D eigenvalue weighted by molar-refractivity contribution is 0.353. The van der Waals surface area contributed by atoms with Crippen LogP contribution in [0.1, 0.15) is 11.6 Å². The van der Waals surface area contributed by atoms with Gasteiger partial charge in [-0.3, -0.25) is 0 Å². The van der Waals surface area contributed by atoms with Crippen molar-refractivity contribution in [3.8, 4) is 11.5 Å². The number of benzene rings is 1. The summed E-state index contributed by atoms with van der Waals surface area (Å²) < 4.78 is 10.5. The van der Waals surface area contributed by atoms with Crippen molar-refractivity contribution < 1.29 is 9.47 Å². The molecule has 1 aliphatic rings. The van der Waals surface area contributed by atoms with Crippen molar-refractivity contribution in [1.82, 2.24) is 10.6 Å². The maximum Gasteiger partial charge on any atom is 0.161 e. The molecule has 0 saturated carbocycles. The van der Waals surface area contributed by atoms with Gasteiger partial charge in [-0.1, -0.05) is 6.07 Å². The molecule has 1 unspecified atom stereocenters. The molecule has 5 heteroatoms. The highest BCUT2D eigenvalue weighted by Crippen LogP contribution is 2.29. The van der Waals surface area contributed by atoms with Crippen molar-refractivity contribution >= 4 is 12.4 Å². The normalized spacial score (nSPS) is 19.3. The molecule has 1 heterocycles. The maximum atomic E-state index is 5.29. The third-order valence-electron chi connectivity index (χ3n) is 2.85. The molecule has 17 heavy (non-hydrogen) atoms. The van der Waals surface area contributed by atoms with Crippen molar-refractivity contribution in [3.05, 3.63) is 23.8 Å². The molecular formula is C12H19ClN2O2. The standard InChI is InChI=1S/C12H18N2O2.ClH/c1-15-11-4-3-9(7-12(11)16-2)10-8-13-5-6-14-10;/h3-4,7,10,13-14H,5-6,8H2,1-2H3;1H. The number of halogens is 1. The Hall–Kier alpha value is -0.970. The Morgan fingerprint density at radius 1 is 1.12 bits per heavy atom. The van der Waals surface area contributed by atoms with Crippen LogP contribution in [0.5, 0.6) is 11.5 Å². The van der Waals surface area contributed by atoms with E-state index in [1.165, 1.54) is 5.56 Å².